The van der Waals surface area contributed by atoms with Gasteiger partial charge < -0.3 is 5.32 Å². The molecule has 0 unspecified atom stereocenters. The number of imide groups is 1. The maximum absolute atomic E-state index is 10.3. The molecule has 0 saturated carbocycles. The van der Waals surface area contributed by atoms with Crippen molar-refractivity contribution in [2.24, 2.45) is 0 Å². The van der Waals surface area contributed by atoms with E-state index >= 15 is 0 Å². The van der Waals surface area contributed by atoms with E-state index in [-0.39, 0.29) is 5.88 Å². The topological polar surface area (TPSA) is 58.2 Å². The van der Waals surface area contributed by atoms with Crippen molar-refractivity contribution in [2.45, 2.75) is 0 Å². The van der Waals surface area contributed by atoms with Crippen molar-refractivity contribution < 1.29 is 9.59 Å². The van der Waals surface area contributed by atoms with Crippen LogP contribution in [0.2, 0.25) is 0 Å². The summed E-state index contributed by atoms with van der Waals surface area (Å²) in [6.45, 7) is 0. The second kappa shape index (κ2) is 4.14. The summed E-state index contributed by atoms with van der Waals surface area (Å²) in [7, 11) is 1.41. The number of carbonyl (C=O) groups is 2. The summed E-state index contributed by atoms with van der Waals surface area (Å²) in [4.78, 5) is 20.6. The van der Waals surface area contributed by atoms with Gasteiger partial charge in [0.2, 0.25) is 5.91 Å². The summed E-state index contributed by atoms with van der Waals surface area (Å²) in [6.07, 6.45) is 0. The van der Waals surface area contributed by atoms with E-state index < -0.39 is 11.9 Å². The zero-order chi connectivity index (χ0) is 7.28. The Hall–Kier alpha value is -0.770. The number of alkyl halides is 1. The number of rotatable bonds is 1. The SMILES string of the molecule is CNC(=O)NC(=O)CCl. The average molecular weight is 151 g/mol. The highest BCUT2D eigenvalue weighted by molar-refractivity contribution is 6.28. The van der Waals surface area contributed by atoms with Crippen LogP contribution in [0.1, 0.15) is 0 Å². The van der Waals surface area contributed by atoms with E-state index in [9.17, 15) is 9.59 Å². The van der Waals surface area contributed by atoms with Crippen LogP contribution in [-0.4, -0.2) is 24.9 Å². The van der Waals surface area contributed by atoms with Gasteiger partial charge in [-0.15, -0.1) is 11.6 Å². The minimum absolute atomic E-state index is 0.201. The molecule has 0 saturated heterocycles. The van der Waals surface area contributed by atoms with Gasteiger partial charge in [-0.2, -0.15) is 0 Å². The summed E-state index contributed by atoms with van der Waals surface area (Å²) in [5, 5.41) is 4.16. The van der Waals surface area contributed by atoms with Crippen LogP contribution in [0.25, 0.3) is 0 Å². The Bertz CT molecular complexity index is 112. The molecule has 5 heteroatoms. The lowest BCUT2D eigenvalue weighted by molar-refractivity contribution is -0.117. The fourth-order valence-corrected chi connectivity index (χ4v) is 0.289. The van der Waals surface area contributed by atoms with Crippen molar-refractivity contribution >= 4 is 23.5 Å². The van der Waals surface area contributed by atoms with E-state index in [1.54, 1.807) is 0 Å². The first kappa shape index (κ1) is 8.23. The van der Waals surface area contributed by atoms with E-state index in [2.05, 4.69) is 5.32 Å². The van der Waals surface area contributed by atoms with Gasteiger partial charge in [0, 0.05) is 7.05 Å². The molecule has 0 heterocycles. The molecule has 0 atom stereocenters. The minimum atomic E-state index is -0.541. The lowest BCUT2D eigenvalue weighted by Crippen LogP contribution is -2.37. The fourth-order valence-electron chi connectivity index (χ4n) is 0.223. The van der Waals surface area contributed by atoms with Crippen LogP contribution in [0, 0.1) is 0 Å². The van der Waals surface area contributed by atoms with Gasteiger partial charge in [-0.3, -0.25) is 10.1 Å². The highest BCUT2D eigenvalue weighted by Gasteiger charge is 2.01. The van der Waals surface area contributed by atoms with Gasteiger partial charge in [0.1, 0.15) is 5.88 Å². The molecule has 4 nitrogen and oxygen atoms in total. The van der Waals surface area contributed by atoms with Crippen LogP contribution < -0.4 is 10.6 Å². The Morgan fingerprint density at radius 1 is 1.56 bits per heavy atom. The molecule has 0 spiro atoms. The monoisotopic (exact) mass is 150 g/mol. The van der Waals surface area contributed by atoms with Crippen molar-refractivity contribution in [1.29, 1.82) is 0 Å². The van der Waals surface area contributed by atoms with Crippen molar-refractivity contribution in [3.8, 4) is 0 Å². The Labute approximate surface area is 57.6 Å². The number of hydrogen-bond acceptors (Lipinski definition) is 2. The van der Waals surface area contributed by atoms with Gasteiger partial charge in [-0.05, 0) is 0 Å². The maximum Gasteiger partial charge on any atom is 0.321 e. The molecule has 2 N–H and O–H groups in total. The number of nitrogens with one attached hydrogen (secondary N) is 2. The number of hydrogen-bond donors (Lipinski definition) is 2. The van der Waals surface area contributed by atoms with E-state index in [4.69, 9.17) is 11.6 Å². The van der Waals surface area contributed by atoms with Gasteiger partial charge in [0.25, 0.3) is 0 Å². The van der Waals surface area contributed by atoms with Gasteiger partial charge in [-0.25, -0.2) is 4.79 Å². The zero-order valence-corrected chi connectivity index (χ0v) is 5.66. The largest absolute Gasteiger partial charge is 0.341 e. The highest BCUT2D eigenvalue weighted by atomic mass is 35.5. The average Bonchev–Trinajstić information content (AvgIpc) is 1.87. The summed E-state index contributed by atoms with van der Waals surface area (Å²) in [5.41, 5.74) is 0. The Morgan fingerprint density at radius 3 is 2.44 bits per heavy atom. The normalized spacial score (nSPS) is 8.22. The van der Waals surface area contributed by atoms with Crippen LogP contribution in [-0.2, 0) is 4.79 Å². The molecule has 0 aliphatic rings. The first-order valence-corrected chi connectivity index (χ1v) is 2.81. The van der Waals surface area contributed by atoms with Crippen molar-refractivity contribution in [1.82, 2.24) is 10.6 Å². The van der Waals surface area contributed by atoms with Crippen molar-refractivity contribution in [2.75, 3.05) is 12.9 Å². The number of amides is 3. The molecule has 0 radical (unpaired) electrons. The molecule has 0 aliphatic heterocycles. The molecule has 3 amide bonds. The highest BCUT2D eigenvalue weighted by Crippen LogP contribution is 1.72. The third-order valence-corrected chi connectivity index (χ3v) is 0.844. The molecule has 52 valence electrons. The number of carbonyl (C=O) groups excluding carboxylic acids is 2. The lowest BCUT2D eigenvalue weighted by atomic mass is 10.7. The Balaban J connectivity index is 3.47. The summed E-state index contributed by atoms with van der Waals surface area (Å²) >= 11 is 5.06. The second-order valence-corrected chi connectivity index (χ2v) is 1.53. The molecule has 0 fully saturated rings. The molecule has 0 aromatic rings. The van der Waals surface area contributed by atoms with Gasteiger partial charge in [0.05, 0.1) is 0 Å². The Morgan fingerprint density at radius 2 is 2.11 bits per heavy atom. The first-order valence-electron chi connectivity index (χ1n) is 2.28. The van der Waals surface area contributed by atoms with E-state index in [1.807, 2.05) is 5.32 Å². The first-order chi connectivity index (χ1) is 4.20. The second-order valence-electron chi connectivity index (χ2n) is 1.26. The molecular formula is C4H7ClN2O2. The van der Waals surface area contributed by atoms with Crippen LogP contribution in [0.15, 0.2) is 0 Å². The van der Waals surface area contributed by atoms with Crippen molar-refractivity contribution in [3.63, 3.8) is 0 Å². The third-order valence-electron chi connectivity index (χ3n) is 0.601. The minimum Gasteiger partial charge on any atom is -0.341 e. The van der Waals surface area contributed by atoms with Crippen LogP contribution in [0.3, 0.4) is 0 Å². The zero-order valence-electron chi connectivity index (χ0n) is 4.90. The number of urea groups is 1. The molecule has 0 aromatic heterocycles. The van der Waals surface area contributed by atoms with Gasteiger partial charge >= 0.3 is 6.03 Å². The smallest absolute Gasteiger partial charge is 0.321 e. The van der Waals surface area contributed by atoms with E-state index in [1.165, 1.54) is 7.05 Å². The fraction of sp³-hybridized carbons (Fsp3) is 0.500. The number of halogens is 1. The molecule has 9 heavy (non-hydrogen) atoms. The maximum atomic E-state index is 10.3. The van der Waals surface area contributed by atoms with E-state index in [0.717, 1.165) is 0 Å². The standard InChI is InChI=1S/C4H7ClN2O2/c1-6-4(9)7-3(8)2-5/h2H2,1H3,(H2,6,7,8,9). The predicted octanol–water partition coefficient (Wildman–Crippen LogP) is -0.319. The molecule has 0 rings (SSSR count). The molecule has 0 aromatic carbocycles. The quantitative estimate of drug-likeness (QED) is 0.504. The van der Waals surface area contributed by atoms with Gasteiger partial charge in [0.15, 0.2) is 0 Å². The van der Waals surface area contributed by atoms with Gasteiger partial charge in [-0.1, -0.05) is 0 Å². The van der Waals surface area contributed by atoms with Crippen molar-refractivity contribution in [3.05, 3.63) is 0 Å². The Kier molecular flexibility index (Phi) is 3.79. The van der Waals surface area contributed by atoms with Crippen LogP contribution in [0.4, 0.5) is 4.79 Å². The molecule has 0 aliphatic carbocycles. The summed E-state index contributed by atoms with van der Waals surface area (Å²) in [5.74, 6) is -0.705. The molecular weight excluding hydrogens is 144 g/mol. The van der Waals surface area contributed by atoms with Crippen LogP contribution >= 0.6 is 11.6 Å². The molecule has 0 bridgehead atoms. The predicted molar refractivity (Wildman–Crippen MR) is 33.3 cm³/mol. The lowest BCUT2D eigenvalue weighted by Gasteiger charge is -1.97. The van der Waals surface area contributed by atoms with Crippen LogP contribution in [0.5, 0.6) is 0 Å². The van der Waals surface area contributed by atoms with E-state index in [0.29, 0.717) is 0 Å². The third kappa shape index (κ3) is 3.78. The summed E-state index contributed by atoms with van der Waals surface area (Å²) in [6, 6.07) is -0.541. The summed E-state index contributed by atoms with van der Waals surface area (Å²) < 4.78 is 0.